The van der Waals surface area contributed by atoms with Crippen LogP contribution < -0.4 is 14.9 Å². The molecule has 0 saturated carbocycles. The highest BCUT2D eigenvalue weighted by Gasteiger charge is 2.54. The largest absolute Gasteiger partial charge is 0.509 e. The lowest BCUT2D eigenvalue weighted by atomic mass is 9.86. The van der Waals surface area contributed by atoms with E-state index in [9.17, 15) is 9.59 Å². The second-order valence-electron chi connectivity index (χ2n) is 8.85. The van der Waals surface area contributed by atoms with Crippen LogP contribution in [0.2, 0.25) is 0 Å². The zero-order chi connectivity index (χ0) is 22.4. The standard InChI is InChI=1S/C25H21NO6/c1-25(2)23-22(30-24(28)31-23)19-17(32-25)11-16(29-4)18-20(19)26(3)15-10-13-8-6-5-7-12(13)9-14(15)21(18)27/h5-11,22-23H,1-4H3/t22-,23-/m1/s1. The van der Waals surface area contributed by atoms with E-state index in [2.05, 4.69) is 0 Å². The molecule has 0 bridgehead atoms. The van der Waals surface area contributed by atoms with E-state index in [1.54, 1.807) is 6.07 Å². The van der Waals surface area contributed by atoms with E-state index >= 15 is 0 Å². The van der Waals surface area contributed by atoms with Gasteiger partial charge in [0.2, 0.25) is 5.43 Å². The number of benzene rings is 3. The van der Waals surface area contributed by atoms with Gasteiger partial charge < -0.3 is 23.5 Å². The third-order valence-corrected chi connectivity index (χ3v) is 6.58. The fraction of sp³-hybridized carbons (Fsp3) is 0.280. The fourth-order valence-electron chi connectivity index (χ4n) is 5.08. The molecule has 0 aliphatic carbocycles. The molecule has 3 heterocycles. The number of hydrogen-bond donors (Lipinski definition) is 0. The first-order chi connectivity index (χ1) is 15.3. The van der Waals surface area contributed by atoms with Crippen LogP contribution in [-0.4, -0.2) is 29.5 Å². The van der Waals surface area contributed by atoms with Gasteiger partial charge in [-0.05, 0) is 36.8 Å². The monoisotopic (exact) mass is 431 g/mol. The van der Waals surface area contributed by atoms with Crippen molar-refractivity contribution in [3.63, 3.8) is 0 Å². The van der Waals surface area contributed by atoms with Crippen LogP contribution in [0.25, 0.3) is 32.6 Å². The minimum absolute atomic E-state index is 0.148. The number of rotatable bonds is 1. The predicted octanol–water partition coefficient (Wildman–Crippen LogP) is 4.60. The van der Waals surface area contributed by atoms with Crippen LogP contribution in [0.3, 0.4) is 0 Å². The van der Waals surface area contributed by atoms with Crippen LogP contribution >= 0.6 is 0 Å². The van der Waals surface area contributed by atoms with Gasteiger partial charge in [0.05, 0.1) is 29.1 Å². The molecule has 1 fully saturated rings. The quantitative estimate of drug-likeness (QED) is 0.324. The van der Waals surface area contributed by atoms with E-state index in [4.69, 9.17) is 18.9 Å². The molecule has 0 N–H and O–H groups in total. The normalized spacial score (nSPS) is 21.1. The highest BCUT2D eigenvalue weighted by atomic mass is 16.8. The maximum absolute atomic E-state index is 13.8. The second kappa shape index (κ2) is 6.16. The molecule has 162 valence electrons. The Balaban J connectivity index is 1.81. The summed E-state index contributed by atoms with van der Waals surface area (Å²) in [7, 11) is 3.42. The van der Waals surface area contributed by atoms with Crippen molar-refractivity contribution < 1.29 is 23.7 Å². The lowest BCUT2D eigenvalue weighted by Gasteiger charge is -2.39. The number of carbonyl (C=O) groups excluding carboxylic acids is 1. The summed E-state index contributed by atoms with van der Waals surface area (Å²) in [5, 5.41) is 3.01. The Morgan fingerprint density at radius 3 is 2.47 bits per heavy atom. The molecule has 1 aromatic heterocycles. The average Bonchev–Trinajstić information content (AvgIpc) is 3.17. The maximum atomic E-state index is 13.8. The van der Waals surface area contributed by atoms with Gasteiger partial charge in [0.15, 0.2) is 12.2 Å². The number of methoxy groups -OCH3 is 1. The minimum Gasteiger partial charge on any atom is -0.496 e. The van der Waals surface area contributed by atoms with Crippen molar-refractivity contribution in [3.8, 4) is 11.5 Å². The zero-order valence-electron chi connectivity index (χ0n) is 18.1. The highest BCUT2D eigenvalue weighted by Crippen LogP contribution is 2.51. The Hall–Kier alpha value is -3.74. The van der Waals surface area contributed by atoms with Crippen molar-refractivity contribution >= 4 is 38.7 Å². The first-order valence-electron chi connectivity index (χ1n) is 10.4. The molecule has 2 aliphatic heterocycles. The maximum Gasteiger partial charge on any atom is 0.509 e. The Labute approximate surface area is 183 Å². The van der Waals surface area contributed by atoms with E-state index in [1.807, 2.05) is 61.9 Å². The van der Waals surface area contributed by atoms with Gasteiger partial charge in [0.1, 0.15) is 17.1 Å². The molecule has 0 spiro atoms. The van der Waals surface area contributed by atoms with Gasteiger partial charge in [0, 0.05) is 18.5 Å². The van der Waals surface area contributed by atoms with Gasteiger partial charge in [-0.2, -0.15) is 0 Å². The molecular formula is C25H21NO6. The molecule has 1 saturated heterocycles. The van der Waals surface area contributed by atoms with Crippen LogP contribution in [0.4, 0.5) is 4.79 Å². The van der Waals surface area contributed by atoms with Crippen molar-refractivity contribution in [2.45, 2.75) is 31.7 Å². The highest BCUT2D eigenvalue weighted by molar-refractivity contribution is 6.04. The lowest BCUT2D eigenvalue weighted by Crippen LogP contribution is -2.48. The van der Waals surface area contributed by atoms with Crippen LogP contribution in [0.5, 0.6) is 11.5 Å². The van der Waals surface area contributed by atoms with Crippen molar-refractivity contribution in [2.24, 2.45) is 7.05 Å². The Bertz CT molecular complexity index is 1530. The number of aromatic nitrogens is 1. The van der Waals surface area contributed by atoms with E-state index < -0.39 is 24.0 Å². The molecule has 0 radical (unpaired) electrons. The van der Waals surface area contributed by atoms with Gasteiger partial charge in [-0.3, -0.25) is 4.79 Å². The molecular weight excluding hydrogens is 410 g/mol. The number of ether oxygens (including phenoxy) is 4. The van der Waals surface area contributed by atoms with Gasteiger partial charge in [0.25, 0.3) is 0 Å². The third kappa shape index (κ3) is 2.36. The van der Waals surface area contributed by atoms with Crippen LogP contribution in [0, 0.1) is 0 Å². The summed E-state index contributed by atoms with van der Waals surface area (Å²) in [6.07, 6.45) is -2.08. The van der Waals surface area contributed by atoms with Crippen molar-refractivity contribution in [1.82, 2.24) is 4.57 Å². The second-order valence-corrected chi connectivity index (χ2v) is 8.85. The van der Waals surface area contributed by atoms with E-state index in [0.717, 1.165) is 16.3 Å². The van der Waals surface area contributed by atoms with Crippen LogP contribution in [0.1, 0.15) is 25.5 Å². The summed E-state index contributed by atoms with van der Waals surface area (Å²) in [5.74, 6) is 0.919. The van der Waals surface area contributed by atoms with Gasteiger partial charge in [-0.1, -0.05) is 24.3 Å². The molecule has 2 aliphatic rings. The Kier molecular flexibility index (Phi) is 3.65. The Morgan fingerprint density at radius 2 is 1.75 bits per heavy atom. The molecule has 0 unspecified atom stereocenters. The first kappa shape index (κ1) is 19.0. The summed E-state index contributed by atoms with van der Waals surface area (Å²) in [5.41, 5.74) is 1.03. The van der Waals surface area contributed by atoms with Gasteiger partial charge in [-0.15, -0.1) is 0 Å². The number of hydrogen-bond acceptors (Lipinski definition) is 6. The molecule has 3 aromatic carbocycles. The summed E-state index contributed by atoms with van der Waals surface area (Å²) in [4.78, 5) is 25.8. The summed E-state index contributed by atoms with van der Waals surface area (Å²) < 4.78 is 24.9. The van der Waals surface area contributed by atoms with Gasteiger partial charge >= 0.3 is 6.16 Å². The number of nitrogens with zero attached hydrogens (tertiary/aromatic N) is 1. The van der Waals surface area contributed by atoms with E-state index in [0.29, 0.717) is 33.4 Å². The van der Waals surface area contributed by atoms with E-state index in [-0.39, 0.29) is 5.43 Å². The molecule has 2 atom stereocenters. The Morgan fingerprint density at radius 1 is 1.03 bits per heavy atom. The van der Waals surface area contributed by atoms with Crippen molar-refractivity contribution in [1.29, 1.82) is 0 Å². The topological polar surface area (TPSA) is 76.0 Å². The van der Waals surface area contributed by atoms with Crippen molar-refractivity contribution in [3.05, 3.63) is 58.3 Å². The summed E-state index contributed by atoms with van der Waals surface area (Å²) in [6, 6.07) is 13.5. The summed E-state index contributed by atoms with van der Waals surface area (Å²) >= 11 is 0. The molecule has 32 heavy (non-hydrogen) atoms. The summed E-state index contributed by atoms with van der Waals surface area (Å²) in [6.45, 7) is 3.69. The fourth-order valence-corrected chi connectivity index (χ4v) is 5.08. The van der Waals surface area contributed by atoms with Crippen molar-refractivity contribution in [2.75, 3.05) is 7.11 Å². The zero-order valence-corrected chi connectivity index (χ0v) is 18.1. The third-order valence-electron chi connectivity index (χ3n) is 6.58. The number of pyridine rings is 1. The molecule has 4 aromatic rings. The lowest BCUT2D eigenvalue weighted by molar-refractivity contribution is -0.0499. The van der Waals surface area contributed by atoms with E-state index in [1.165, 1.54) is 7.11 Å². The van der Waals surface area contributed by atoms with Crippen LogP contribution in [0.15, 0.2) is 47.3 Å². The molecule has 7 heteroatoms. The molecule has 0 amide bonds. The molecule has 7 nitrogen and oxygen atoms in total. The average molecular weight is 431 g/mol. The number of carbonyl (C=O) groups is 1. The predicted molar refractivity (Wildman–Crippen MR) is 120 cm³/mol. The molecule has 6 rings (SSSR count). The first-order valence-corrected chi connectivity index (χ1v) is 10.4. The number of aryl methyl sites for hydroxylation is 1. The van der Waals surface area contributed by atoms with Gasteiger partial charge in [-0.25, -0.2) is 4.79 Å². The smallest absolute Gasteiger partial charge is 0.496 e. The number of fused-ring (bicyclic) bond motifs is 7. The SMILES string of the molecule is COc1cc2c(c3c1c(=O)c1cc4ccccc4cc1n3C)[C@H]1OC(=O)O[C@H]1C(C)(C)O2. The van der Waals surface area contributed by atoms with Crippen LogP contribution in [-0.2, 0) is 16.5 Å². The minimum atomic E-state index is -0.811.